The van der Waals surface area contributed by atoms with Crippen LogP contribution in [0.15, 0.2) is 40.8 Å². The summed E-state index contributed by atoms with van der Waals surface area (Å²) in [7, 11) is 0. The number of nitrogens with zero attached hydrogens (tertiary/aromatic N) is 1. The van der Waals surface area contributed by atoms with Gasteiger partial charge in [0.25, 0.3) is 0 Å². The summed E-state index contributed by atoms with van der Waals surface area (Å²) in [5.74, 6) is -0.570. The molecule has 0 fully saturated rings. The minimum atomic E-state index is -1.02. The van der Waals surface area contributed by atoms with Gasteiger partial charge < -0.3 is 9.52 Å². The second-order valence-corrected chi connectivity index (χ2v) is 4.85. The molecule has 3 rings (SSSR count). The lowest BCUT2D eigenvalue weighted by Gasteiger charge is -2.00. The van der Waals surface area contributed by atoms with Gasteiger partial charge in [-0.05, 0) is 38.1 Å². The lowest BCUT2D eigenvalue weighted by molar-refractivity contribution is 0.0698. The molecular weight excluding hydrogens is 254 g/mol. The molecule has 4 heteroatoms. The van der Waals surface area contributed by atoms with Crippen LogP contribution in [-0.4, -0.2) is 16.1 Å². The van der Waals surface area contributed by atoms with Crippen LogP contribution >= 0.6 is 0 Å². The molecule has 0 bridgehead atoms. The first-order valence-corrected chi connectivity index (χ1v) is 6.26. The van der Waals surface area contributed by atoms with Crippen molar-refractivity contribution in [1.82, 2.24) is 4.98 Å². The Bertz CT molecular complexity index is 797. The van der Waals surface area contributed by atoms with Gasteiger partial charge in [-0.3, -0.25) is 0 Å². The number of carboxylic acid groups (broad SMARTS) is 1. The fourth-order valence-corrected chi connectivity index (χ4v) is 2.34. The van der Waals surface area contributed by atoms with Crippen molar-refractivity contribution in [2.24, 2.45) is 0 Å². The van der Waals surface area contributed by atoms with Crippen molar-refractivity contribution in [2.75, 3.05) is 0 Å². The molecule has 4 nitrogen and oxygen atoms in total. The predicted octanol–water partition coefficient (Wildman–Crippen LogP) is 3.81. The fraction of sp³-hybridized carbons (Fsp3) is 0.125. The highest BCUT2D eigenvalue weighted by Gasteiger charge is 2.15. The van der Waals surface area contributed by atoms with Crippen LogP contribution in [0.25, 0.3) is 22.6 Å². The summed E-state index contributed by atoms with van der Waals surface area (Å²) >= 11 is 0. The zero-order valence-electron chi connectivity index (χ0n) is 11.2. The Morgan fingerprint density at radius 3 is 2.50 bits per heavy atom. The standard InChI is InChI=1S/C16H13NO3/c1-9-6-10(2)8-11(7-9)15-17-13-5-3-4-12(16(18)19)14(13)20-15/h3-8H,1-2H3,(H,18,19). The lowest BCUT2D eigenvalue weighted by Crippen LogP contribution is -1.95. The van der Waals surface area contributed by atoms with Gasteiger partial charge in [0, 0.05) is 5.56 Å². The van der Waals surface area contributed by atoms with E-state index in [-0.39, 0.29) is 5.56 Å². The lowest BCUT2D eigenvalue weighted by atomic mass is 10.1. The zero-order chi connectivity index (χ0) is 14.3. The highest BCUT2D eigenvalue weighted by molar-refractivity contribution is 6.00. The third-order valence-electron chi connectivity index (χ3n) is 3.11. The van der Waals surface area contributed by atoms with Gasteiger partial charge in [-0.2, -0.15) is 0 Å². The van der Waals surface area contributed by atoms with Gasteiger partial charge in [-0.1, -0.05) is 23.3 Å². The largest absolute Gasteiger partial charge is 0.478 e. The van der Waals surface area contributed by atoms with Crippen molar-refractivity contribution >= 4 is 17.1 Å². The molecule has 100 valence electrons. The number of carboxylic acids is 1. The van der Waals surface area contributed by atoms with Crippen LogP contribution in [0.2, 0.25) is 0 Å². The number of hydrogen-bond acceptors (Lipinski definition) is 3. The molecule has 0 aliphatic heterocycles. The number of benzene rings is 2. The normalized spacial score (nSPS) is 10.9. The minimum Gasteiger partial charge on any atom is -0.478 e. The Hall–Kier alpha value is -2.62. The number of aromatic nitrogens is 1. The highest BCUT2D eigenvalue weighted by atomic mass is 16.4. The van der Waals surface area contributed by atoms with E-state index in [0.717, 1.165) is 16.7 Å². The Labute approximate surface area is 115 Å². The molecule has 0 aliphatic carbocycles. The highest BCUT2D eigenvalue weighted by Crippen LogP contribution is 2.27. The molecule has 2 aromatic carbocycles. The van der Waals surface area contributed by atoms with E-state index in [1.807, 2.05) is 26.0 Å². The smallest absolute Gasteiger partial charge is 0.339 e. The van der Waals surface area contributed by atoms with E-state index in [0.29, 0.717) is 17.0 Å². The predicted molar refractivity (Wildman–Crippen MR) is 75.9 cm³/mol. The van der Waals surface area contributed by atoms with Crippen LogP contribution in [0.5, 0.6) is 0 Å². The summed E-state index contributed by atoms with van der Waals surface area (Å²) in [6, 6.07) is 10.9. The molecule has 1 heterocycles. The monoisotopic (exact) mass is 267 g/mol. The van der Waals surface area contributed by atoms with E-state index in [2.05, 4.69) is 11.1 Å². The number of rotatable bonds is 2. The van der Waals surface area contributed by atoms with Gasteiger partial charge in [0.2, 0.25) is 5.89 Å². The third kappa shape index (κ3) is 2.05. The number of oxazole rings is 1. The number of fused-ring (bicyclic) bond motifs is 1. The molecule has 0 atom stereocenters. The van der Waals surface area contributed by atoms with Crippen molar-refractivity contribution in [2.45, 2.75) is 13.8 Å². The number of hydrogen-bond donors (Lipinski definition) is 1. The molecule has 3 aromatic rings. The SMILES string of the molecule is Cc1cc(C)cc(-c2nc3cccc(C(=O)O)c3o2)c1. The Morgan fingerprint density at radius 1 is 1.15 bits per heavy atom. The molecule has 0 radical (unpaired) electrons. The van der Waals surface area contributed by atoms with Gasteiger partial charge in [0.05, 0.1) is 0 Å². The first kappa shape index (κ1) is 12.4. The van der Waals surface area contributed by atoms with Crippen molar-refractivity contribution in [3.05, 3.63) is 53.1 Å². The van der Waals surface area contributed by atoms with E-state index < -0.39 is 5.97 Å². The van der Waals surface area contributed by atoms with Gasteiger partial charge in [-0.25, -0.2) is 9.78 Å². The summed E-state index contributed by atoms with van der Waals surface area (Å²) in [6.07, 6.45) is 0. The number of carbonyl (C=O) groups is 1. The number of para-hydroxylation sites is 1. The molecule has 1 aromatic heterocycles. The van der Waals surface area contributed by atoms with Crippen LogP contribution in [0.3, 0.4) is 0 Å². The van der Waals surface area contributed by atoms with Crippen LogP contribution in [0.1, 0.15) is 21.5 Å². The molecular formula is C16H13NO3. The number of aryl methyl sites for hydroxylation is 2. The second-order valence-electron chi connectivity index (χ2n) is 4.85. The van der Waals surface area contributed by atoms with Gasteiger partial charge in [-0.15, -0.1) is 0 Å². The average Bonchev–Trinajstić information content (AvgIpc) is 2.80. The molecule has 20 heavy (non-hydrogen) atoms. The average molecular weight is 267 g/mol. The van der Waals surface area contributed by atoms with Gasteiger partial charge in [0.1, 0.15) is 11.1 Å². The first-order valence-electron chi connectivity index (χ1n) is 6.26. The minimum absolute atomic E-state index is 0.130. The van der Waals surface area contributed by atoms with Gasteiger partial charge >= 0.3 is 5.97 Å². The Morgan fingerprint density at radius 2 is 1.85 bits per heavy atom. The van der Waals surface area contributed by atoms with E-state index in [4.69, 9.17) is 9.52 Å². The molecule has 1 N–H and O–H groups in total. The summed E-state index contributed by atoms with van der Waals surface area (Å²) in [5, 5.41) is 9.16. The van der Waals surface area contributed by atoms with E-state index in [1.165, 1.54) is 6.07 Å². The Kier molecular flexibility index (Phi) is 2.79. The molecule has 0 unspecified atom stereocenters. The maximum absolute atomic E-state index is 11.2. The van der Waals surface area contributed by atoms with Crippen LogP contribution in [0, 0.1) is 13.8 Å². The fourth-order valence-electron chi connectivity index (χ4n) is 2.34. The van der Waals surface area contributed by atoms with Crippen LogP contribution in [-0.2, 0) is 0 Å². The van der Waals surface area contributed by atoms with E-state index in [9.17, 15) is 4.79 Å². The number of aromatic carboxylic acids is 1. The third-order valence-corrected chi connectivity index (χ3v) is 3.11. The molecule has 0 spiro atoms. The van der Waals surface area contributed by atoms with Crippen molar-refractivity contribution in [1.29, 1.82) is 0 Å². The van der Waals surface area contributed by atoms with Crippen molar-refractivity contribution < 1.29 is 14.3 Å². The molecule has 0 saturated heterocycles. The summed E-state index contributed by atoms with van der Waals surface area (Å²) in [4.78, 5) is 15.6. The quantitative estimate of drug-likeness (QED) is 0.766. The Balaban J connectivity index is 2.23. The maximum Gasteiger partial charge on any atom is 0.339 e. The van der Waals surface area contributed by atoms with Crippen LogP contribution < -0.4 is 0 Å². The van der Waals surface area contributed by atoms with Crippen LogP contribution in [0.4, 0.5) is 0 Å². The maximum atomic E-state index is 11.2. The topological polar surface area (TPSA) is 63.3 Å². The first-order chi connectivity index (χ1) is 9.54. The summed E-state index contributed by atoms with van der Waals surface area (Å²) in [5.41, 5.74) is 4.08. The molecule has 0 amide bonds. The van der Waals surface area contributed by atoms with E-state index >= 15 is 0 Å². The second kappa shape index (κ2) is 4.49. The van der Waals surface area contributed by atoms with E-state index in [1.54, 1.807) is 12.1 Å². The summed E-state index contributed by atoms with van der Waals surface area (Å²) < 4.78 is 5.66. The van der Waals surface area contributed by atoms with Gasteiger partial charge in [0.15, 0.2) is 5.58 Å². The van der Waals surface area contributed by atoms with Crippen molar-refractivity contribution in [3.8, 4) is 11.5 Å². The summed E-state index contributed by atoms with van der Waals surface area (Å²) in [6.45, 7) is 4.00. The zero-order valence-corrected chi connectivity index (χ0v) is 11.2. The molecule has 0 saturated carbocycles. The molecule has 0 aliphatic rings. The van der Waals surface area contributed by atoms with Crippen molar-refractivity contribution in [3.63, 3.8) is 0 Å².